The fraction of sp³-hybridized carbons (Fsp3) is 0.900. The maximum absolute atomic E-state index is 10.1. The van der Waals surface area contributed by atoms with E-state index in [4.69, 9.17) is 20.4 Å². The highest BCUT2D eigenvalue weighted by atomic mass is 28.1. The minimum absolute atomic E-state index is 0. The van der Waals surface area contributed by atoms with Crippen LogP contribution < -0.4 is 0 Å². The van der Waals surface area contributed by atoms with Crippen LogP contribution in [0.1, 0.15) is 233 Å². The van der Waals surface area contributed by atoms with Gasteiger partial charge in [0.05, 0.1) is 0 Å². The minimum atomic E-state index is -0.663. The molecule has 0 aromatic rings. The summed E-state index contributed by atoms with van der Waals surface area (Å²) >= 11 is 0. The third-order valence-corrected chi connectivity index (χ3v) is 7.98. The van der Waals surface area contributed by atoms with Gasteiger partial charge in [-0.15, -0.1) is 0 Å². The van der Waals surface area contributed by atoms with E-state index in [-0.39, 0.29) is 11.0 Å². The molecule has 0 heterocycles. The molecule has 0 fully saturated rings. The van der Waals surface area contributed by atoms with Gasteiger partial charge in [0.2, 0.25) is 0 Å². The van der Waals surface area contributed by atoms with Gasteiger partial charge in [-0.1, -0.05) is 182 Å². The highest BCUT2D eigenvalue weighted by molar-refractivity contribution is 5.75. The summed E-state index contributed by atoms with van der Waals surface area (Å²) in [6.45, 7) is 8.80. The van der Waals surface area contributed by atoms with Gasteiger partial charge in [0.15, 0.2) is 0 Å². The van der Waals surface area contributed by atoms with Gasteiger partial charge < -0.3 is 20.4 Å². The van der Waals surface area contributed by atoms with Crippen molar-refractivity contribution >= 4 is 34.8 Å². The molecule has 0 aliphatic carbocycles. The van der Waals surface area contributed by atoms with Gasteiger partial charge >= 0.3 is 23.9 Å². The standard InChI is InChI=1S/4C10H20O2.H4Si/c4*1-2-3-4-5-6-7-8-9-10(11)12;/h4*2-9H2,1H3,(H,11,12);1H4. The number of unbranched alkanes of at least 4 members (excludes halogenated alkanes) is 24. The second-order valence-electron chi connectivity index (χ2n) is 13.1. The van der Waals surface area contributed by atoms with Crippen LogP contribution in [-0.2, 0) is 19.2 Å². The number of carboxylic acid groups (broad SMARTS) is 4. The summed E-state index contributed by atoms with van der Waals surface area (Å²) in [5, 5.41) is 33.4. The normalized spacial score (nSPS) is 9.88. The highest BCUT2D eigenvalue weighted by Crippen LogP contribution is 2.10. The highest BCUT2D eigenvalue weighted by Gasteiger charge is 1.98. The Hall–Kier alpha value is -1.90. The van der Waals surface area contributed by atoms with Crippen LogP contribution in [-0.4, -0.2) is 55.3 Å². The van der Waals surface area contributed by atoms with Crippen molar-refractivity contribution in [2.24, 2.45) is 0 Å². The summed E-state index contributed by atoms with van der Waals surface area (Å²) in [5.41, 5.74) is 0. The maximum Gasteiger partial charge on any atom is 0.303 e. The Morgan fingerprint density at radius 2 is 0.388 bits per heavy atom. The summed E-state index contributed by atoms with van der Waals surface area (Å²) in [6, 6.07) is 0. The van der Waals surface area contributed by atoms with Gasteiger partial charge in [-0.05, 0) is 36.6 Å². The van der Waals surface area contributed by atoms with Crippen molar-refractivity contribution in [3.8, 4) is 0 Å². The summed E-state index contributed by atoms with van der Waals surface area (Å²) < 4.78 is 0. The third-order valence-electron chi connectivity index (χ3n) is 7.98. The zero-order chi connectivity index (χ0) is 36.9. The molecule has 0 radical (unpaired) electrons. The predicted molar refractivity (Wildman–Crippen MR) is 212 cm³/mol. The van der Waals surface area contributed by atoms with Crippen molar-refractivity contribution in [1.82, 2.24) is 0 Å². The number of hydrogen-bond donors (Lipinski definition) is 4. The zero-order valence-corrected chi connectivity index (χ0v) is 32.0. The smallest absolute Gasteiger partial charge is 0.303 e. The molecule has 4 N–H and O–H groups in total. The molecule has 0 amide bonds. The van der Waals surface area contributed by atoms with Crippen LogP contribution in [0.2, 0.25) is 0 Å². The lowest BCUT2D eigenvalue weighted by atomic mass is 10.1. The molecular weight excluding hydrogens is 637 g/mol. The first-order valence-electron chi connectivity index (χ1n) is 20.0. The lowest BCUT2D eigenvalue weighted by Gasteiger charge is -1.98. The molecule has 0 rings (SSSR count). The Balaban J connectivity index is -0.000000174. The third kappa shape index (κ3) is 77.1. The van der Waals surface area contributed by atoms with Gasteiger partial charge in [-0.3, -0.25) is 19.2 Å². The van der Waals surface area contributed by atoms with Crippen molar-refractivity contribution in [1.29, 1.82) is 0 Å². The van der Waals surface area contributed by atoms with Crippen LogP contribution >= 0.6 is 0 Å². The van der Waals surface area contributed by atoms with E-state index in [1.807, 2.05) is 0 Å². The molecule has 0 atom stereocenters. The number of rotatable bonds is 32. The lowest BCUT2D eigenvalue weighted by molar-refractivity contribution is -0.138. The molecule has 0 saturated carbocycles. The van der Waals surface area contributed by atoms with E-state index < -0.39 is 23.9 Å². The number of hydrogen-bond acceptors (Lipinski definition) is 4. The molecule has 8 nitrogen and oxygen atoms in total. The van der Waals surface area contributed by atoms with Gasteiger partial charge in [-0.2, -0.15) is 0 Å². The quantitative estimate of drug-likeness (QED) is 0.0396. The molecule has 0 unspecified atom stereocenters. The first-order valence-corrected chi connectivity index (χ1v) is 20.0. The Morgan fingerprint density at radius 3 is 0.510 bits per heavy atom. The zero-order valence-electron chi connectivity index (χ0n) is 32.0. The van der Waals surface area contributed by atoms with Crippen LogP contribution in [0.5, 0.6) is 0 Å². The second kappa shape index (κ2) is 52.9. The molecular formula is C40H84O8Si. The maximum atomic E-state index is 10.1. The predicted octanol–water partition coefficient (Wildman–Crippen LogP) is 11.4. The summed E-state index contributed by atoms with van der Waals surface area (Å²) in [7, 11) is 0. The largest absolute Gasteiger partial charge is 0.481 e. The van der Waals surface area contributed by atoms with E-state index in [1.165, 1.54) is 128 Å². The molecule has 0 aliphatic rings. The van der Waals surface area contributed by atoms with Gasteiger partial charge in [-0.25, -0.2) is 0 Å². The minimum Gasteiger partial charge on any atom is -0.481 e. The van der Waals surface area contributed by atoms with Crippen LogP contribution in [0, 0.1) is 0 Å². The molecule has 9 heteroatoms. The van der Waals surface area contributed by atoms with Crippen LogP contribution in [0.3, 0.4) is 0 Å². The number of carboxylic acids is 4. The van der Waals surface area contributed by atoms with Gasteiger partial charge in [0.1, 0.15) is 0 Å². The summed E-state index contributed by atoms with van der Waals surface area (Å²) in [4.78, 5) is 40.5. The summed E-state index contributed by atoms with van der Waals surface area (Å²) in [6.07, 6.45) is 34.6. The van der Waals surface area contributed by atoms with Gasteiger partial charge in [0.25, 0.3) is 0 Å². The van der Waals surface area contributed by atoms with Crippen molar-refractivity contribution in [3.05, 3.63) is 0 Å². The Bertz CT molecular complexity index is 561. The summed E-state index contributed by atoms with van der Waals surface area (Å²) in [5.74, 6) is -2.65. The molecule has 0 bridgehead atoms. The van der Waals surface area contributed by atoms with E-state index in [1.54, 1.807) is 0 Å². The first kappa shape index (κ1) is 56.5. The number of carbonyl (C=O) groups is 4. The Kier molecular flexibility index (Phi) is 61.0. The van der Waals surface area contributed by atoms with Crippen LogP contribution in [0.15, 0.2) is 0 Å². The monoisotopic (exact) mass is 721 g/mol. The SMILES string of the molecule is CCCCCCCCCC(=O)O.CCCCCCCCCC(=O)O.CCCCCCCCCC(=O)O.CCCCCCCCCC(=O)O.[SiH4]. The van der Waals surface area contributed by atoms with E-state index in [0.29, 0.717) is 25.7 Å². The van der Waals surface area contributed by atoms with Crippen molar-refractivity contribution in [2.45, 2.75) is 233 Å². The van der Waals surface area contributed by atoms with Crippen molar-refractivity contribution in [2.75, 3.05) is 0 Å². The van der Waals surface area contributed by atoms with Gasteiger partial charge in [0, 0.05) is 25.7 Å². The number of aliphatic carboxylic acids is 4. The molecule has 0 aromatic heterocycles. The molecule has 49 heavy (non-hydrogen) atoms. The van der Waals surface area contributed by atoms with E-state index in [0.717, 1.165) is 51.4 Å². The fourth-order valence-corrected chi connectivity index (χ4v) is 4.93. The van der Waals surface area contributed by atoms with Crippen molar-refractivity contribution < 1.29 is 39.6 Å². The topological polar surface area (TPSA) is 149 Å². The average molecular weight is 721 g/mol. The molecule has 0 aromatic carbocycles. The van der Waals surface area contributed by atoms with E-state index >= 15 is 0 Å². The molecule has 0 aliphatic heterocycles. The molecule has 0 spiro atoms. The first-order chi connectivity index (χ1) is 23.1. The fourth-order valence-electron chi connectivity index (χ4n) is 4.93. The Morgan fingerprint density at radius 1 is 0.265 bits per heavy atom. The van der Waals surface area contributed by atoms with E-state index in [2.05, 4.69) is 27.7 Å². The van der Waals surface area contributed by atoms with Crippen molar-refractivity contribution in [3.63, 3.8) is 0 Å². The lowest BCUT2D eigenvalue weighted by Crippen LogP contribution is -1.93. The van der Waals surface area contributed by atoms with E-state index in [9.17, 15) is 19.2 Å². The van der Waals surface area contributed by atoms with Crippen LogP contribution in [0.4, 0.5) is 0 Å². The average Bonchev–Trinajstić information content (AvgIpc) is 3.03. The second-order valence-corrected chi connectivity index (χ2v) is 13.1. The Labute approximate surface area is 307 Å². The molecule has 296 valence electrons. The van der Waals surface area contributed by atoms with Crippen LogP contribution in [0.25, 0.3) is 0 Å². The molecule has 0 saturated heterocycles.